The zero-order valence-corrected chi connectivity index (χ0v) is 19.9. The third-order valence-electron chi connectivity index (χ3n) is 5.23. The predicted molar refractivity (Wildman–Crippen MR) is 124 cm³/mol. The molecule has 12 heteroatoms. The summed E-state index contributed by atoms with van der Waals surface area (Å²) >= 11 is 0. The van der Waals surface area contributed by atoms with E-state index >= 15 is 0 Å². The number of aryl methyl sites for hydroxylation is 2. The molecule has 33 heavy (non-hydrogen) atoms. The van der Waals surface area contributed by atoms with Gasteiger partial charge in [-0.25, -0.2) is 0 Å². The molecule has 12 nitrogen and oxygen atoms in total. The number of unbranched alkanes of at least 4 members (excludes halogenated alkanes) is 2. The van der Waals surface area contributed by atoms with E-state index in [0.29, 0.717) is 0 Å². The molecule has 188 valence electrons. The Kier molecular flexibility index (Phi) is 15.1. The van der Waals surface area contributed by atoms with E-state index < -0.39 is 10.2 Å². The second kappa shape index (κ2) is 16.6. The van der Waals surface area contributed by atoms with Gasteiger partial charge in [-0.2, -0.15) is 0 Å². The number of carbonyl (C=O) groups is 1. The molecule has 1 atom stereocenters. The fourth-order valence-electron chi connectivity index (χ4n) is 3.56. The maximum Gasteiger partial charge on any atom is 0.291 e. The molecule has 1 aromatic rings. The van der Waals surface area contributed by atoms with E-state index in [2.05, 4.69) is 54.9 Å². The average molecular weight is 472 g/mol. The highest BCUT2D eigenvalue weighted by Gasteiger charge is 2.32. The van der Waals surface area contributed by atoms with E-state index in [1.165, 1.54) is 19.3 Å². The van der Waals surface area contributed by atoms with Crippen molar-refractivity contribution in [1.82, 2.24) is 9.80 Å². The SMILES string of the molecule is CCCCN1CCN(CCCC)C(C(=O)Nc2c(C)cccc2C)C1.O=[N+]([O-])O.O=[N+]([O-])O. The van der Waals surface area contributed by atoms with Gasteiger partial charge in [0.1, 0.15) is 6.04 Å². The molecule has 1 aromatic carbocycles. The second-order valence-electron chi connectivity index (χ2n) is 7.79. The molecule has 1 amide bonds. The summed E-state index contributed by atoms with van der Waals surface area (Å²) in [6, 6.07) is 6.12. The Morgan fingerprint density at radius 3 is 2.00 bits per heavy atom. The standard InChI is InChI=1S/C21H35N3O.2HNO3/c1-5-7-12-23-14-15-24(13-8-6-2)19(16-23)21(25)22-20-17(3)10-9-11-18(20)4;2*2-1(3)4/h9-11,19H,5-8,12-16H2,1-4H3,(H,22,25);2*(H,2,3,4). The first kappa shape index (κ1) is 30.0. The van der Waals surface area contributed by atoms with Crippen LogP contribution < -0.4 is 5.32 Å². The van der Waals surface area contributed by atoms with Crippen LogP contribution >= 0.6 is 0 Å². The van der Waals surface area contributed by atoms with E-state index in [9.17, 15) is 4.79 Å². The van der Waals surface area contributed by atoms with Crippen molar-refractivity contribution in [1.29, 1.82) is 0 Å². The van der Waals surface area contributed by atoms with Crippen LogP contribution in [0, 0.1) is 34.1 Å². The van der Waals surface area contributed by atoms with E-state index in [-0.39, 0.29) is 11.9 Å². The third-order valence-corrected chi connectivity index (χ3v) is 5.23. The Morgan fingerprint density at radius 2 is 1.52 bits per heavy atom. The zero-order valence-electron chi connectivity index (χ0n) is 19.9. The van der Waals surface area contributed by atoms with Gasteiger partial charge in [0.05, 0.1) is 0 Å². The molecular formula is C21H37N5O7. The highest BCUT2D eigenvalue weighted by molar-refractivity contribution is 5.96. The summed E-state index contributed by atoms with van der Waals surface area (Å²) < 4.78 is 0. The van der Waals surface area contributed by atoms with Crippen LogP contribution in [-0.4, -0.2) is 75.1 Å². The summed E-state index contributed by atoms with van der Waals surface area (Å²) in [5.74, 6) is 0.148. The molecule has 2 rings (SSSR count). The van der Waals surface area contributed by atoms with E-state index in [0.717, 1.165) is 56.0 Å². The quantitative estimate of drug-likeness (QED) is 0.382. The topological polar surface area (TPSA) is 162 Å². The Labute approximate surface area is 194 Å². The molecule has 0 radical (unpaired) electrons. The smallest absolute Gasteiger partial charge is 0.291 e. The molecule has 1 unspecified atom stereocenters. The minimum atomic E-state index is -1.50. The highest BCUT2D eigenvalue weighted by atomic mass is 16.9. The van der Waals surface area contributed by atoms with Crippen molar-refractivity contribution in [3.63, 3.8) is 0 Å². The zero-order chi connectivity index (χ0) is 25.4. The number of amides is 1. The summed E-state index contributed by atoms with van der Waals surface area (Å²) in [4.78, 5) is 34.7. The number of benzene rings is 1. The van der Waals surface area contributed by atoms with Crippen LogP contribution in [0.15, 0.2) is 18.2 Å². The Hall–Kier alpha value is -2.99. The normalized spacial score (nSPS) is 15.9. The number of piperazine rings is 1. The van der Waals surface area contributed by atoms with Gasteiger partial charge in [0.2, 0.25) is 5.91 Å². The van der Waals surface area contributed by atoms with Crippen molar-refractivity contribution >= 4 is 11.6 Å². The molecule has 0 aromatic heterocycles. The lowest BCUT2D eigenvalue weighted by atomic mass is 10.1. The van der Waals surface area contributed by atoms with Crippen molar-refractivity contribution in [2.75, 3.05) is 38.0 Å². The third kappa shape index (κ3) is 13.2. The summed E-state index contributed by atoms with van der Waals surface area (Å²) in [5.41, 5.74) is 3.24. The van der Waals surface area contributed by atoms with E-state index in [1.54, 1.807) is 0 Å². The number of para-hydroxylation sites is 1. The van der Waals surface area contributed by atoms with Crippen LogP contribution in [-0.2, 0) is 4.79 Å². The lowest BCUT2D eigenvalue weighted by Crippen LogP contribution is -2.58. The molecule has 1 saturated heterocycles. The maximum absolute atomic E-state index is 13.1. The molecule has 0 saturated carbocycles. The molecule has 0 spiro atoms. The monoisotopic (exact) mass is 471 g/mol. The van der Waals surface area contributed by atoms with Gasteiger partial charge in [0.15, 0.2) is 0 Å². The minimum Gasteiger partial charge on any atom is -0.328 e. The molecule has 1 fully saturated rings. The molecule has 0 bridgehead atoms. The first-order chi connectivity index (χ1) is 15.5. The highest BCUT2D eigenvalue weighted by Crippen LogP contribution is 2.21. The van der Waals surface area contributed by atoms with Crippen LogP contribution in [0.25, 0.3) is 0 Å². The van der Waals surface area contributed by atoms with Crippen LogP contribution in [0.2, 0.25) is 0 Å². The lowest BCUT2D eigenvalue weighted by molar-refractivity contribution is -0.742. The van der Waals surface area contributed by atoms with Crippen LogP contribution in [0.1, 0.15) is 50.7 Å². The Balaban J connectivity index is 0.00000111. The summed E-state index contributed by atoms with van der Waals surface area (Å²) in [7, 11) is 0. The van der Waals surface area contributed by atoms with Gasteiger partial charge in [0, 0.05) is 25.3 Å². The van der Waals surface area contributed by atoms with Gasteiger partial charge < -0.3 is 15.7 Å². The van der Waals surface area contributed by atoms with Crippen molar-refractivity contribution in [3.8, 4) is 0 Å². The maximum atomic E-state index is 13.1. The van der Waals surface area contributed by atoms with Crippen molar-refractivity contribution in [2.24, 2.45) is 0 Å². The fourth-order valence-corrected chi connectivity index (χ4v) is 3.56. The largest absolute Gasteiger partial charge is 0.328 e. The van der Waals surface area contributed by atoms with Gasteiger partial charge in [0.25, 0.3) is 10.2 Å². The van der Waals surface area contributed by atoms with Gasteiger partial charge in [-0.05, 0) is 50.9 Å². The molecule has 3 N–H and O–H groups in total. The van der Waals surface area contributed by atoms with Crippen molar-refractivity contribution in [3.05, 3.63) is 49.6 Å². The summed E-state index contributed by atoms with van der Waals surface area (Å²) in [6.07, 6.45) is 4.74. The second-order valence-corrected chi connectivity index (χ2v) is 7.79. The predicted octanol–water partition coefficient (Wildman–Crippen LogP) is 3.13. The van der Waals surface area contributed by atoms with Crippen molar-refractivity contribution in [2.45, 2.75) is 59.4 Å². The number of nitrogens with zero attached hydrogens (tertiary/aromatic N) is 4. The first-order valence-electron chi connectivity index (χ1n) is 11.0. The minimum absolute atomic E-state index is 0.0452. The Bertz CT molecular complexity index is 707. The van der Waals surface area contributed by atoms with Crippen LogP contribution in [0.4, 0.5) is 5.69 Å². The van der Waals surface area contributed by atoms with Gasteiger partial charge in [-0.3, -0.25) is 14.6 Å². The number of hydrogen-bond donors (Lipinski definition) is 3. The molecule has 1 aliphatic heterocycles. The van der Waals surface area contributed by atoms with Gasteiger partial charge >= 0.3 is 0 Å². The molecule has 1 aliphatic rings. The van der Waals surface area contributed by atoms with Gasteiger partial charge in [-0.1, -0.05) is 44.9 Å². The number of anilines is 1. The molecular weight excluding hydrogens is 434 g/mol. The number of hydrogen-bond acceptors (Lipinski definition) is 7. The number of nitrogens with one attached hydrogen (secondary N) is 1. The van der Waals surface area contributed by atoms with E-state index in [4.69, 9.17) is 30.6 Å². The lowest BCUT2D eigenvalue weighted by Gasteiger charge is -2.40. The van der Waals surface area contributed by atoms with E-state index in [1.807, 2.05) is 6.07 Å². The Morgan fingerprint density at radius 1 is 1.03 bits per heavy atom. The number of rotatable bonds is 8. The fraction of sp³-hybridized carbons (Fsp3) is 0.667. The van der Waals surface area contributed by atoms with Crippen LogP contribution in [0.3, 0.4) is 0 Å². The van der Waals surface area contributed by atoms with Crippen LogP contribution in [0.5, 0.6) is 0 Å². The van der Waals surface area contributed by atoms with Crippen molar-refractivity contribution < 1.29 is 25.4 Å². The summed E-state index contributed by atoms with van der Waals surface area (Å²) in [5, 5.41) is 30.5. The van der Waals surface area contributed by atoms with Gasteiger partial charge in [-0.15, -0.1) is 20.2 Å². The summed E-state index contributed by atoms with van der Waals surface area (Å²) in [6.45, 7) is 13.6. The molecule has 0 aliphatic carbocycles. The molecule has 1 heterocycles. The first-order valence-corrected chi connectivity index (χ1v) is 11.0. The number of carbonyl (C=O) groups excluding carboxylic acids is 1. The average Bonchev–Trinajstić information content (AvgIpc) is 2.72.